The number of esters is 2. The molecule has 1 atom stereocenters. The van der Waals surface area contributed by atoms with Gasteiger partial charge in [0.15, 0.2) is 44.3 Å². The number of carbonyl (C=O) groups is 5. The topological polar surface area (TPSA) is 334 Å². The summed E-state index contributed by atoms with van der Waals surface area (Å²) in [6.45, 7) is 13.2. The van der Waals surface area contributed by atoms with E-state index in [2.05, 4.69) is 36.4 Å². The number of aromatic hydroxyl groups is 4. The SMILES string of the molecule is CCCNC(=O)c1cc(Oc2cc(C)c(O)cc2NC(=O)COc2ccc(C)cc2C)c(O)c(O)c1Sc1nnc(SC(C)C(=O)OC)s1.CCCOC(=O)C[n+]1[nH]nnc1SCc1ccc(Oc2cc(C(N)=O)c(O)c3ccccc23)c(C)c1. The normalized spacial score (nSPS) is 11.2. The molecule has 8 aromatic rings. The molecule has 6 aromatic carbocycles. The van der Waals surface area contributed by atoms with Crippen LogP contribution in [-0.2, 0) is 36.2 Å². The van der Waals surface area contributed by atoms with Crippen molar-refractivity contribution in [3.8, 4) is 51.7 Å². The fourth-order valence-corrected chi connectivity index (χ4v) is 12.0. The number of rotatable bonds is 24. The molecule has 0 saturated heterocycles. The number of amides is 3. The number of tetrazole rings is 1. The van der Waals surface area contributed by atoms with Gasteiger partial charge in [-0.25, -0.2) is 4.79 Å². The number of hydrogen-bond donors (Lipinski definition) is 8. The van der Waals surface area contributed by atoms with Gasteiger partial charge in [0, 0.05) is 29.1 Å². The molecule has 0 saturated carbocycles. The smallest absolute Gasteiger partial charge is 0.360 e. The minimum Gasteiger partial charge on any atom is -0.508 e. The number of phenols is 4. The third kappa shape index (κ3) is 16.7. The largest absolute Gasteiger partial charge is 0.508 e. The van der Waals surface area contributed by atoms with Gasteiger partial charge in [-0.05, 0) is 112 Å². The van der Waals surface area contributed by atoms with Crippen LogP contribution in [0.4, 0.5) is 5.69 Å². The fourth-order valence-electron chi connectivity index (χ4n) is 7.90. The molecule has 8 rings (SSSR count). The number of carbonyl (C=O) groups excluding carboxylic acids is 5. The highest BCUT2D eigenvalue weighted by Crippen LogP contribution is 2.50. The van der Waals surface area contributed by atoms with Crippen molar-refractivity contribution in [1.82, 2.24) is 31.0 Å². The van der Waals surface area contributed by atoms with Crippen molar-refractivity contribution in [3.05, 3.63) is 124 Å². The van der Waals surface area contributed by atoms with Gasteiger partial charge in [-0.15, -0.1) is 14.9 Å². The van der Waals surface area contributed by atoms with E-state index in [0.29, 0.717) is 72.7 Å². The molecule has 1 unspecified atom stereocenters. The Morgan fingerprint density at radius 3 is 2.16 bits per heavy atom. The summed E-state index contributed by atoms with van der Waals surface area (Å²) in [6, 6.07) is 23.8. The first-order valence-electron chi connectivity index (χ1n) is 26.2. The molecular formula is C58H62N9O14S4+. The van der Waals surface area contributed by atoms with Crippen LogP contribution in [0.25, 0.3) is 10.8 Å². The van der Waals surface area contributed by atoms with Crippen molar-refractivity contribution in [1.29, 1.82) is 0 Å². The van der Waals surface area contributed by atoms with Crippen LogP contribution in [0.15, 0.2) is 104 Å². The molecule has 0 bridgehead atoms. The van der Waals surface area contributed by atoms with E-state index in [4.69, 9.17) is 29.4 Å². The molecule has 0 spiro atoms. The Balaban J connectivity index is 0.000000255. The Bertz CT molecular complexity index is 3770. The average molecular weight is 1240 g/mol. The highest BCUT2D eigenvalue weighted by atomic mass is 32.2. The van der Waals surface area contributed by atoms with Crippen molar-refractivity contribution in [2.45, 2.75) is 97.6 Å². The highest BCUT2D eigenvalue weighted by molar-refractivity contribution is 8.04. The van der Waals surface area contributed by atoms with E-state index in [9.17, 15) is 44.4 Å². The minimum absolute atomic E-state index is 0.00568. The van der Waals surface area contributed by atoms with Crippen molar-refractivity contribution in [2.24, 2.45) is 5.73 Å². The number of nitrogens with one attached hydrogen (secondary N) is 3. The first-order valence-corrected chi connectivity index (χ1v) is 29.7. The number of benzene rings is 6. The Hall–Kier alpha value is -8.79. The van der Waals surface area contributed by atoms with Gasteiger partial charge >= 0.3 is 17.1 Å². The Labute approximate surface area is 505 Å². The van der Waals surface area contributed by atoms with Crippen molar-refractivity contribution < 1.29 is 72.8 Å². The van der Waals surface area contributed by atoms with Gasteiger partial charge in [0.05, 0.1) is 35.4 Å². The predicted octanol–water partition coefficient (Wildman–Crippen LogP) is 9.73. The summed E-state index contributed by atoms with van der Waals surface area (Å²) in [5.41, 5.74) is 9.66. The molecule has 0 aliphatic heterocycles. The first kappa shape index (κ1) is 63.8. The Morgan fingerprint density at radius 2 is 1.46 bits per heavy atom. The van der Waals surface area contributed by atoms with Crippen LogP contribution in [-0.4, -0.2) is 108 Å². The summed E-state index contributed by atoms with van der Waals surface area (Å²) in [7, 11) is 1.29. The van der Waals surface area contributed by atoms with Gasteiger partial charge in [-0.2, -0.15) is 0 Å². The van der Waals surface area contributed by atoms with Crippen LogP contribution in [0.3, 0.4) is 0 Å². The monoisotopic (exact) mass is 1240 g/mol. The molecule has 85 heavy (non-hydrogen) atoms. The number of H-pyrrole nitrogens is 1. The molecule has 446 valence electrons. The number of aryl methyl sites for hydroxylation is 4. The van der Waals surface area contributed by atoms with Crippen molar-refractivity contribution in [3.63, 3.8) is 0 Å². The molecule has 0 fully saturated rings. The molecule has 3 amide bonds. The minimum atomic E-state index is -0.740. The van der Waals surface area contributed by atoms with Crippen LogP contribution >= 0.6 is 46.6 Å². The fraction of sp³-hybridized carbons (Fsp3) is 0.276. The first-order chi connectivity index (χ1) is 40.7. The molecular weight excluding hydrogens is 1170 g/mol. The summed E-state index contributed by atoms with van der Waals surface area (Å²) in [5, 5.41) is 68.4. The number of thioether (sulfide) groups is 2. The predicted molar refractivity (Wildman–Crippen MR) is 319 cm³/mol. The molecule has 27 heteroatoms. The number of nitrogens with zero attached hydrogens (tertiary/aromatic N) is 5. The standard InChI is InChI=1S/C33H36N4O9S3.C25H25N5O5S/c1-7-10-34-30(42)20-13-25(27(40)28(41)29(20)48-33-37-36-32(49-33)47-19(5)31(43)44-6)46-24-12-17(3)22(38)14-21(24)35-26(39)15-45-23-9-8-16(2)11-18(23)4;1-3-10-34-22(31)13-30-25(27-28-29-30)36-14-16-8-9-20(15(2)11-16)35-21-12-19(24(26)33)23(32)18-7-5-4-6-17(18)21/h8-9,11-14,19,38,40-41H,7,10,15H2,1-6H3,(H,34,42)(H,35,39);4-9,11-12H,3,10,13-14H2,1-2H3,(H3,26,32,33)/p+1. The number of fused-ring (bicyclic) bond motifs is 1. The summed E-state index contributed by atoms with van der Waals surface area (Å²) >= 11 is 4.60. The lowest BCUT2D eigenvalue weighted by Crippen LogP contribution is -2.42. The van der Waals surface area contributed by atoms with Crippen molar-refractivity contribution in [2.75, 3.05) is 32.2 Å². The molecule has 0 aliphatic rings. The third-order valence-corrected chi connectivity index (χ3v) is 16.5. The summed E-state index contributed by atoms with van der Waals surface area (Å²) in [6.07, 6.45) is 1.40. The summed E-state index contributed by atoms with van der Waals surface area (Å²) < 4.78 is 30.0. The number of ether oxygens (including phenoxy) is 5. The van der Waals surface area contributed by atoms with Gasteiger partial charge in [0.2, 0.25) is 5.75 Å². The lowest BCUT2D eigenvalue weighted by molar-refractivity contribution is -0.777. The quantitative estimate of drug-likeness (QED) is 0.0121. The number of anilines is 1. The molecule has 0 aliphatic carbocycles. The zero-order chi connectivity index (χ0) is 61.5. The Kier molecular flexibility index (Phi) is 22.2. The van der Waals surface area contributed by atoms with Crippen LogP contribution in [0.2, 0.25) is 0 Å². The van der Waals surface area contributed by atoms with Gasteiger partial charge < -0.3 is 60.5 Å². The van der Waals surface area contributed by atoms with Gasteiger partial charge in [0.1, 0.15) is 39.1 Å². The van der Waals surface area contributed by atoms with E-state index in [0.717, 1.165) is 63.5 Å². The van der Waals surface area contributed by atoms with E-state index in [1.54, 1.807) is 42.8 Å². The molecule has 9 N–H and O–H groups in total. The maximum atomic E-state index is 13.3. The average Bonchev–Trinajstić information content (AvgIpc) is 2.79. The van der Waals surface area contributed by atoms with Gasteiger partial charge in [-0.1, -0.05) is 108 Å². The second-order valence-corrected chi connectivity index (χ2v) is 23.6. The number of phenolic OH excluding ortho intramolecular Hbond substituents is 3. The Morgan fingerprint density at radius 1 is 0.753 bits per heavy atom. The zero-order valence-electron chi connectivity index (χ0n) is 47.4. The number of aromatic nitrogens is 6. The van der Waals surface area contributed by atoms with Crippen molar-refractivity contribution >= 4 is 92.7 Å². The lowest BCUT2D eigenvalue weighted by Gasteiger charge is -2.18. The van der Waals surface area contributed by atoms with Crippen LogP contribution in [0.1, 0.15) is 82.1 Å². The third-order valence-electron chi connectivity index (χ3n) is 12.2. The number of primary amides is 1. The zero-order valence-corrected chi connectivity index (χ0v) is 50.7. The highest BCUT2D eigenvalue weighted by Gasteiger charge is 2.28. The number of nitrogens with two attached hydrogens (primary N) is 1. The van der Waals surface area contributed by atoms with E-state index >= 15 is 0 Å². The summed E-state index contributed by atoms with van der Waals surface area (Å²) in [5.74, 6) is -2.41. The van der Waals surface area contributed by atoms with E-state index in [1.165, 1.54) is 43.1 Å². The van der Waals surface area contributed by atoms with Crippen LogP contribution in [0, 0.1) is 27.7 Å². The van der Waals surface area contributed by atoms with E-state index in [-0.39, 0.29) is 63.8 Å². The number of methoxy groups -OCH3 is 1. The van der Waals surface area contributed by atoms with E-state index < -0.39 is 40.4 Å². The lowest BCUT2D eigenvalue weighted by atomic mass is 10.0. The van der Waals surface area contributed by atoms with Crippen LogP contribution < -0.4 is 35.3 Å². The van der Waals surface area contributed by atoms with Crippen LogP contribution in [0.5, 0.6) is 51.7 Å². The van der Waals surface area contributed by atoms with Gasteiger partial charge in [-0.3, -0.25) is 19.2 Å². The number of hydrogen-bond acceptors (Lipinski definition) is 22. The van der Waals surface area contributed by atoms with E-state index in [1.807, 2.05) is 71.0 Å². The molecule has 2 heterocycles. The second-order valence-electron chi connectivity index (χ2n) is 18.8. The molecule has 23 nitrogen and oxygen atoms in total. The second kappa shape index (κ2) is 29.6. The maximum absolute atomic E-state index is 13.3. The maximum Gasteiger partial charge on any atom is 0.360 e. The molecule has 2 aromatic heterocycles. The van der Waals surface area contributed by atoms with Gasteiger partial charge in [0.25, 0.3) is 17.7 Å². The summed E-state index contributed by atoms with van der Waals surface area (Å²) in [4.78, 5) is 61.8. The molecule has 0 radical (unpaired) electrons. The number of aromatic amines is 1.